The van der Waals surface area contributed by atoms with E-state index in [1.807, 2.05) is 0 Å². The van der Waals surface area contributed by atoms with E-state index in [1.54, 1.807) is 6.20 Å². The molecule has 8 heteroatoms. The van der Waals surface area contributed by atoms with Gasteiger partial charge in [-0.1, -0.05) is 12.8 Å². The Kier molecular flexibility index (Phi) is 4.16. The number of rotatable bonds is 5. The molecule has 2 aromatic heterocycles. The van der Waals surface area contributed by atoms with E-state index in [1.165, 1.54) is 12.8 Å². The highest BCUT2D eigenvalue weighted by Crippen LogP contribution is 2.30. The van der Waals surface area contributed by atoms with Crippen LogP contribution in [0.1, 0.15) is 25.7 Å². The molecule has 0 saturated heterocycles. The van der Waals surface area contributed by atoms with Crippen LogP contribution in [0.25, 0.3) is 11.0 Å². The van der Waals surface area contributed by atoms with Crippen molar-refractivity contribution in [1.29, 1.82) is 0 Å². The summed E-state index contributed by atoms with van der Waals surface area (Å²) in [7, 11) is 0. The molecule has 0 spiro atoms. The van der Waals surface area contributed by atoms with Gasteiger partial charge in [-0.2, -0.15) is 15.1 Å². The Labute approximate surface area is 122 Å². The van der Waals surface area contributed by atoms with Crippen molar-refractivity contribution in [2.24, 2.45) is 17.7 Å². The van der Waals surface area contributed by atoms with Crippen LogP contribution in [0.4, 0.5) is 11.8 Å². The van der Waals surface area contributed by atoms with Crippen LogP contribution in [0.5, 0.6) is 0 Å². The summed E-state index contributed by atoms with van der Waals surface area (Å²) >= 11 is 0. The minimum absolute atomic E-state index is 0.257. The lowest BCUT2D eigenvalue weighted by atomic mass is 9.79. The molecule has 6 N–H and O–H groups in total. The summed E-state index contributed by atoms with van der Waals surface area (Å²) in [6.07, 6.45) is 6.37. The van der Waals surface area contributed by atoms with Gasteiger partial charge < -0.3 is 10.4 Å². The molecule has 3 rings (SSSR count). The van der Waals surface area contributed by atoms with Crippen LogP contribution in [0.15, 0.2) is 6.20 Å². The van der Waals surface area contributed by atoms with Gasteiger partial charge in [-0.15, -0.1) is 0 Å². The van der Waals surface area contributed by atoms with E-state index in [0.29, 0.717) is 29.2 Å². The van der Waals surface area contributed by atoms with Crippen molar-refractivity contribution in [3.05, 3.63) is 6.20 Å². The second kappa shape index (κ2) is 6.23. The highest BCUT2D eigenvalue weighted by molar-refractivity contribution is 5.86. The van der Waals surface area contributed by atoms with Crippen molar-refractivity contribution in [3.63, 3.8) is 0 Å². The fourth-order valence-corrected chi connectivity index (χ4v) is 3.06. The lowest BCUT2D eigenvalue weighted by molar-refractivity contribution is 0.141. The molecule has 21 heavy (non-hydrogen) atoms. The number of nitrogens with zero attached hydrogens (tertiary/aromatic N) is 3. The number of fused-ring (bicyclic) bond motifs is 1. The molecule has 0 aliphatic heterocycles. The van der Waals surface area contributed by atoms with E-state index in [-0.39, 0.29) is 6.61 Å². The summed E-state index contributed by atoms with van der Waals surface area (Å²) in [4.78, 5) is 8.54. The van der Waals surface area contributed by atoms with Gasteiger partial charge in [-0.25, -0.2) is 5.84 Å². The molecule has 0 radical (unpaired) electrons. The van der Waals surface area contributed by atoms with Crippen LogP contribution in [0, 0.1) is 11.8 Å². The maximum Gasteiger partial charge on any atom is 0.241 e. The van der Waals surface area contributed by atoms with E-state index < -0.39 is 0 Å². The first-order valence-electron chi connectivity index (χ1n) is 7.34. The number of anilines is 2. The number of nitrogen functional groups attached to an aromatic ring is 1. The molecule has 2 unspecified atom stereocenters. The second-order valence-corrected chi connectivity index (χ2v) is 5.54. The van der Waals surface area contributed by atoms with Gasteiger partial charge in [-0.05, 0) is 24.7 Å². The minimum Gasteiger partial charge on any atom is -0.396 e. The van der Waals surface area contributed by atoms with Gasteiger partial charge in [0.2, 0.25) is 5.95 Å². The first-order chi connectivity index (χ1) is 10.3. The quantitative estimate of drug-likeness (QED) is 0.408. The Morgan fingerprint density at radius 1 is 1.29 bits per heavy atom. The maximum atomic E-state index is 9.48. The highest BCUT2D eigenvalue weighted by Gasteiger charge is 2.24. The van der Waals surface area contributed by atoms with Gasteiger partial charge in [0.05, 0.1) is 11.6 Å². The summed E-state index contributed by atoms with van der Waals surface area (Å²) in [5, 5.41) is 20.5. The van der Waals surface area contributed by atoms with Crippen molar-refractivity contribution < 1.29 is 5.11 Å². The largest absolute Gasteiger partial charge is 0.396 e. The zero-order valence-electron chi connectivity index (χ0n) is 11.8. The zero-order valence-corrected chi connectivity index (χ0v) is 11.8. The molecule has 0 bridgehead atoms. The number of aromatic amines is 1. The lowest BCUT2D eigenvalue weighted by Crippen LogP contribution is -2.29. The molecular weight excluding hydrogens is 270 g/mol. The third-order valence-corrected chi connectivity index (χ3v) is 4.27. The van der Waals surface area contributed by atoms with Crippen LogP contribution in [-0.2, 0) is 0 Å². The molecule has 8 nitrogen and oxygen atoms in total. The number of aromatic nitrogens is 4. The number of nitrogens with two attached hydrogens (primary N) is 1. The number of hydrogen-bond acceptors (Lipinski definition) is 7. The Hall–Kier alpha value is -1.93. The molecule has 1 aliphatic rings. The van der Waals surface area contributed by atoms with Crippen molar-refractivity contribution in [1.82, 2.24) is 20.2 Å². The van der Waals surface area contributed by atoms with Crippen LogP contribution >= 0.6 is 0 Å². The molecule has 1 fully saturated rings. The molecule has 2 atom stereocenters. The maximum absolute atomic E-state index is 9.48. The van der Waals surface area contributed by atoms with E-state index in [2.05, 4.69) is 30.9 Å². The molecule has 0 amide bonds. The Bertz CT molecular complexity index is 599. The summed E-state index contributed by atoms with van der Waals surface area (Å²) in [5.41, 5.74) is 3.10. The first kappa shape index (κ1) is 14.0. The Morgan fingerprint density at radius 2 is 2.10 bits per heavy atom. The molecule has 1 saturated carbocycles. The van der Waals surface area contributed by atoms with Crippen LogP contribution in [0.2, 0.25) is 0 Å². The average Bonchev–Trinajstić information content (AvgIpc) is 3.01. The van der Waals surface area contributed by atoms with Crippen molar-refractivity contribution in [2.45, 2.75) is 25.7 Å². The van der Waals surface area contributed by atoms with Gasteiger partial charge in [-0.3, -0.25) is 10.5 Å². The highest BCUT2D eigenvalue weighted by atomic mass is 16.3. The summed E-state index contributed by atoms with van der Waals surface area (Å²) in [6, 6.07) is 0. The number of aliphatic hydroxyl groups excluding tert-OH is 1. The summed E-state index contributed by atoms with van der Waals surface area (Å²) in [5.74, 6) is 7.29. The third kappa shape index (κ3) is 2.91. The molecular formula is C13H21N7O. The predicted molar refractivity (Wildman–Crippen MR) is 80.5 cm³/mol. The van der Waals surface area contributed by atoms with Crippen LogP contribution in [-0.4, -0.2) is 38.4 Å². The Balaban J connectivity index is 1.76. The zero-order chi connectivity index (χ0) is 14.7. The first-order valence-corrected chi connectivity index (χ1v) is 7.34. The van der Waals surface area contributed by atoms with Crippen molar-refractivity contribution >= 4 is 22.8 Å². The van der Waals surface area contributed by atoms with Gasteiger partial charge >= 0.3 is 0 Å². The second-order valence-electron chi connectivity index (χ2n) is 5.54. The van der Waals surface area contributed by atoms with E-state index in [0.717, 1.165) is 24.8 Å². The summed E-state index contributed by atoms with van der Waals surface area (Å²) < 4.78 is 0. The fraction of sp³-hybridized carbons (Fsp3) is 0.615. The number of aliphatic hydroxyl groups is 1. The monoisotopic (exact) mass is 291 g/mol. The van der Waals surface area contributed by atoms with Gasteiger partial charge in [0.15, 0.2) is 5.65 Å². The molecule has 1 aliphatic carbocycles. The third-order valence-electron chi connectivity index (χ3n) is 4.27. The lowest BCUT2D eigenvalue weighted by Gasteiger charge is -2.30. The van der Waals surface area contributed by atoms with Crippen molar-refractivity contribution in [3.8, 4) is 0 Å². The number of nitrogens with one attached hydrogen (secondary N) is 3. The number of H-pyrrole nitrogens is 1. The van der Waals surface area contributed by atoms with Crippen LogP contribution in [0.3, 0.4) is 0 Å². The summed E-state index contributed by atoms with van der Waals surface area (Å²) in [6.45, 7) is 1.04. The standard InChI is InChI=1S/C13H21N7O/c14-19-13-17-11(10-6-16-20-12(10)18-13)15-5-8-3-1-2-4-9(8)7-21/h6,8-9,21H,1-5,7,14H2,(H3,15,16,17,18,19,20). The van der Waals surface area contributed by atoms with Crippen LogP contribution < -0.4 is 16.6 Å². The van der Waals surface area contributed by atoms with E-state index in [4.69, 9.17) is 5.84 Å². The number of hydrogen-bond donors (Lipinski definition) is 5. The molecule has 114 valence electrons. The minimum atomic E-state index is 0.257. The molecule has 0 aromatic carbocycles. The SMILES string of the molecule is NNc1nc(NCC2CCCCC2CO)c2cn[nH]c2n1. The van der Waals surface area contributed by atoms with Gasteiger partial charge in [0, 0.05) is 13.2 Å². The Morgan fingerprint density at radius 3 is 2.86 bits per heavy atom. The predicted octanol–water partition coefficient (Wildman–Crippen LogP) is 0.849. The van der Waals surface area contributed by atoms with E-state index in [9.17, 15) is 5.11 Å². The molecule has 2 aromatic rings. The normalized spacial score (nSPS) is 22.4. The van der Waals surface area contributed by atoms with Crippen molar-refractivity contribution in [2.75, 3.05) is 23.9 Å². The van der Waals surface area contributed by atoms with Gasteiger partial charge in [0.25, 0.3) is 0 Å². The smallest absolute Gasteiger partial charge is 0.241 e. The topological polar surface area (TPSA) is 125 Å². The van der Waals surface area contributed by atoms with E-state index >= 15 is 0 Å². The fourth-order valence-electron chi connectivity index (χ4n) is 3.06. The average molecular weight is 291 g/mol. The molecule has 2 heterocycles. The van der Waals surface area contributed by atoms with Gasteiger partial charge in [0.1, 0.15) is 5.82 Å². The number of hydrazine groups is 1.